The third-order valence-electron chi connectivity index (χ3n) is 3.76. The summed E-state index contributed by atoms with van der Waals surface area (Å²) in [7, 11) is 0. The van der Waals surface area contributed by atoms with Gasteiger partial charge >= 0.3 is 0 Å². The molecule has 1 fully saturated rings. The van der Waals surface area contributed by atoms with E-state index in [9.17, 15) is 9.59 Å². The molecule has 0 spiro atoms. The molecule has 2 aliphatic rings. The molecule has 0 saturated carbocycles. The fourth-order valence-corrected chi connectivity index (χ4v) is 2.60. The summed E-state index contributed by atoms with van der Waals surface area (Å²) in [4.78, 5) is 24.0. The van der Waals surface area contributed by atoms with Gasteiger partial charge in [0.05, 0.1) is 11.7 Å². The van der Waals surface area contributed by atoms with Crippen molar-refractivity contribution in [3.63, 3.8) is 0 Å². The SMILES string of the molecule is CCC1OC1(CC)CCCN1C(=O)C=CC1=O. The Morgan fingerprint density at radius 2 is 1.94 bits per heavy atom. The van der Waals surface area contributed by atoms with Crippen molar-refractivity contribution in [1.29, 1.82) is 0 Å². The number of nitrogens with zero attached hydrogens (tertiary/aromatic N) is 1. The zero-order chi connectivity index (χ0) is 12.5. The van der Waals surface area contributed by atoms with Crippen molar-refractivity contribution in [3.05, 3.63) is 12.2 Å². The van der Waals surface area contributed by atoms with Crippen LogP contribution in [0.2, 0.25) is 0 Å². The lowest BCUT2D eigenvalue weighted by molar-refractivity contribution is -0.136. The highest BCUT2D eigenvalue weighted by molar-refractivity contribution is 6.12. The van der Waals surface area contributed by atoms with Crippen molar-refractivity contribution in [3.8, 4) is 0 Å². The minimum atomic E-state index is -0.190. The predicted molar refractivity (Wildman–Crippen MR) is 63.3 cm³/mol. The number of hydrogen-bond acceptors (Lipinski definition) is 3. The Balaban J connectivity index is 1.77. The summed E-state index contributed by atoms with van der Waals surface area (Å²) in [6.07, 6.45) is 6.84. The molecule has 1 saturated heterocycles. The van der Waals surface area contributed by atoms with Gasteiger partial charge in [-0.3, -0.25) is 14.5 Å². The van der Waals surface area contributed by atoms with E-state index in [-0.39, 0.29) is 17.4 Å². The molecule has 0 aliphatic carbocycles. The first-order valence-electron chi connectivity index (χ1n) is 6.34. The van der Waals surface area contributed by atoms with Gasteiger partial charge < -0.3 is 4.74 Å². The molecule has 17 heavy (non-hydrogen) atoms. The molecule has 0 bridgehead atoms. The number of hydrogen-bond donors (Lipinski definition) is 0. The molecule has 2 rings (SSSR count). The molecule has 2 aliphatic heterocycles. The van der Waals surface area contributed by atoms with Gasteiger partial charge in [0.25, 0.3) is 11.8 Å². The first-order chi connectivity index (χ1) is 8.13. The summed E-state index contributed by atoms with van der Waals surface area (Å²) >= 11 is 0. The molecule has 2 unspecified atom stereocenters. The summed E-state index contributed by atoms with van der Waals surface area (Å²) in [5, 5.41) is 0. The Morgan fingerprint density at radius 1 is 1.29 bits per heavy atom. The minimum absolute atomic E-state index is 0.0218. The van der Waals surface area contributed by atoms with Gasteiger partial charge in [0.2, 0.25) is 0 Å². The maximum absolute atomic E-state index is 11.3. The van der Waals surface area contributed by atoms with Crippen LogP contribution in [0.5, 0.6) is 0 Å². The van der Waals surface area contributed by atoms with E-state index >= 15 is 0 Å². The maximum atomic E-state index is 11.3. The van der Waals surface area contributed by atoms with Crippen LogP contribution in [0, 0.1) is 0 Å². The topological polar surface area (TPSA) is 49.9 Å². The van der Waals surface area contributed by atoms with Gasteiger partial charge in [-0.1, -0.05) is 13.8 Å². The molecule has 2 amide bonds. The van der Waals surface area contributed by atoms with Gasteiger partial charge in [-0.05, 0) is 25.7 Å². The number of carbonyl (C=O) groups is 2. The smallest absolute Gasteiger partial charge is 0.253 e. The van der Waals surface area contributed by atoms with Crippen molar-refractivity contribution >= 4 is 11.8 Å². The molecular weight excluding hydrogens is 218 g/mol. The molecule has 0 aromatic rings. The van der Waals surface area contributed by atoms with Gasteiger partial charge in [0, 0.05) is 18.7 Å². The fraction of sp³-hybridized carbons (Fsp3) is 0.692. The number of amides is 2. The second-order valence-electron chi connectivity index (χ2n) is 4.70. The average molecular weight is 237 g/mol. The van der Waals surface area contributed by atoms with Crippen molar-refractivity contribution in [2.75, 3.05) is 6.54 Å². The normalized spacial score (nSPS) is 31.4. The number of epoxide rings is 1. The highest BCUT2D eigenvalue weighted by Crippen LogP contribution is 2.45. The van der Waals surface area contributed by atoms with Gasteiger partial charge in [0.1, 0.15) is 0 Å². The highest BCUT2D eigenvalue weighted by Gasteiger charge is 2.52. The van der Waals surface area contributed by atoms with Gasteiger partial charge in [-0.2, -0.15) is 0 Å². The van der Waals surface area contributed by atoms with Crippen LogP contribution in [-0.4, -0.2) is 35.0 Å². The number of ether oxygens (including phenoxy) is 1. The lowest BCUT2D eigenvalue weighted by Gasteiger charge is -2.15. The monoisotopic (exact) mass is 237 g/mol. The Labute approximate surface area is 102 Å². The Hall–Kier alpha value is -1.16. The largest absolute Gasteiger partial charge is 0.366 e. The first-order valence-corrected chi connectivity index (χ1v) is 6.34. The summed E-state index contributed by atoms with van der Waals surface area (Å²) in [5.41, 5.74) is 0.0218. The average Bonchev–Trinajstić information content (AvgIpc) is 2.97. The first kappa shape index (κ1) is 12.3. The quantitative estimate of drug-likeness (QED) is 0.521. The van der Waals surface area contributed by atoms with E-state index in [1.807, 2.05) is 0 Å². The van der Waals surface area contributed by atoms with E-state index in [0.29, 0.717) is 12.6 Å². The fourth-order valence-electron chi connectivity index (χ4n) is 2.60. The number of rotatable bonds is 6. The van der Waals surface area contributed by atoms with Crippen molar-refractivity contribution in [1.82, 2.24) is 4.90 Å². The minimum Gasteiger partial charge on any atom is -0.366 e. The third-order valence-corrected chi connectivity index (χ3v) is 3.76. The molecule has 0 radical (unpaired) electrons. The van der Waals surface area contributed by atoms with Crippen molar-refractivity contribution in [2.24, 2.45) is 0 Å². The van der Waals surface area contributed by atoms with E-state index in [0.717, 1.165) is 25.7 Å². The Bertz CT molecular complexity index is 346. The second kappa shape index (κ2) is 4.61. The van der Waals surface area contributed by atoms with Crippen molar-refractivity contribution in [2.45, 2.75) is 51.2 Å². The second-order valence-corrected chi connectivity index (χ2v) is 4.70. The van der Waals surface area contributed by atoms with Crippen LogP contribution in [0.15, 0.2) is 12.2 Å². The molecule has 2 heterocycles. The molecule has 0 aromatic carbocycles. The summed E-state index contributed by atoms with van der Waals surface area (Å²) in [6, 6.07) is 0. The molecule has 2 atom stereocenters. The van der Waals surface area contributed by atoms with E-state index in [1.54, 1.807) is 0 Å². The summed E-state index contributed by atoms with van der Waals surface area (Å²) < 4.78 is 5.72. The maximum Gasteiger partial charge on any atom is 0.253 e. The third kappa shape index (κ3) is 2.27. The molecule has 4 heteroatoms. The van der Waals surface area contributed by atoms with Crippen molar-refractivity contribution < 1.29 is 14.3 Å². The summed E-state index contributed by atoms with van der Waals surface area (Å²) in [5.74, 6) is -0.381. The van der Waals surface area contributed by atoms with Crippen LogP contribution in [0.1, 0.15) is 39.5 Å². The predicted octanol–water partition coefficient (Wildman–Crippen LogP) is 1.65. The Kier molecular flexibility index (Phi) is 3.33. The number of imide groups is 1. The lowest BCUT2D eigenvalue weighted by atomic mass is 9.95. The van der Waals surface area contributed by atoms with E-state index in [1.165, 1.54) is 17.1 Å². The van der Waals surface area contributed by atoms with Crippen LogP contribution in [0.3, 0.4) is 0 Å². The van der Waals surface area contributed by atoms with Crippen LogP contribution in [-0.2, 0) is 14.3 Å². The zero-order valence-electron chi connectivity index (χ0n) is 10.4. The van der Waals surface area contributed by atoms with Crippen LogP contribution in [0.4, 0.5) is 0 Å². The van der Waals surface area contributed by atoms with Crippen LogP contribution < -0.4 is 0 Å². The molecule has 94 valence electrons. The molecule has 0 N–H and O–H groups in total. The van der Waals surface area contributed by atoms with E-state index < -0.39 is 0 Å². The number of carbonyl (C=O) groups excluding carboxylic acids is 2. The summed E-state index contributed by atoms with van der Waals surface area (Å²) in [6.45, 7) is 4.76. The van der Waals surface area contributed by atoms with Crippen LogP contribution >= 0.6 is 0 Å². The lowest BCUT2D eigenvalue weighted by Crippen LogP contribution is -2.31. The highest BCUT2D eigenvalue weighted by atomic mass is 16.6. The van der Waals surface area contributed by atoms with E-state index in [4.69, 9.17) is 4.74 Å². The standard InChI is InChI=1S/C13H19NO3/c1-3-10-13(4-2,17-10)8-5-9-14-11(15)6-7-12(14)16/h6-7,10H,3-5,8-9H2,1-2H3. The van der Waals surface area contributed by atoms with Gasteiger partial charge in [-0.25, -0.2) is 0 Å². The van der Waals surface area contributed by atoms with Gasteiger partial charge in [0.15, 0.2) is 0 Å². The molecular formula is C13H19NO3. The zero-order valence-corrected chi connectivity index (χ0v) is 10.4. The van der Waals surface area contributed by atoms with Crippen LogP contribution in [0.25, 0.3) is 0 Å². The Morgan fingerprint density at radius 3 is 2.41 bits per heavy atom. The van der Waals surface area contributed by atoms with Gasteiger partial charge in [-0.15, -0.1) is 0 Å². The molecule has 4 nitrogen and oxygen atoms in total. The molecule has 0 aromatic heterocycles. The van der Waals surface area contributed by atoms with E-state index in [2.05, 4.69) is 13.8 Å².